The summed E-state index contributed by atoms with van der Waals surface area (Å²) in [6, 6.07) is 6.04. The number of hydrogen-bond acceptors (Lipinski definition) is 3. The number of aliphatic hydroxyl groups excluding tert-OH is 1. The zero-order chi connectivity index (χ0) is 14.6. The van der Waals surface area contributed by atoms with E-state index in [1.807, 2.05) is 32.0 Å². The molecule has 0 radical (unpaired) electrons. The molecule has 1 aromatic rings. The predicted molar refractivity (Wildman–Crippen MR) is 77.8 cm³/mol. The van der Waals surface area contributed by atoms with Crippen LogP contribution >= 0.6 is 0 Å². The van der Waals surface area contributed by atoms with Crippen molar-refractivity contribution in [3.63, 3.8) is 0 Å². The van der Waals surface area contributed by atoms with Crippen molar-refractivity contribution in [2.75, 3.05) is 19.8 Å². The largest absolute Gasteiger partial charge is 0.493 e. The standard InChI is InChI=1S/C16H23NO3/c1-12-3-4-13(2)14(9-12)20-8-5-15(19)17-10-16(11-18)6-7-16/h3-4,9,18H,5-8,10-11H2,1-2H3,(H,17,19). The van der Waals surface area contributed by atoms with Gasteiger partial charge in [-0.1, -0.05) is 12.1 Å². The highest BCUT2D eigenvalue weighted by atomic mass is 16.5. The quantitative estimate of drug-likeness (QED) is 0.801. The van der Waals surface area contributed by atoms with Crippen LogP contribution in [0.5, 0.6) is 5.75 Å². The van der Waals surface area contributed by atoms with E-state index in [9.17, 15) is 9.90 Å². The van der Waals surface area contributed by atoms with Crippen LogP contribution in [0.25, 0.3) is 0 Å². The number of carbonyl (C=O) groups is 1. The van der Waals surface area contributed by atoms with Crippen LogP contribution in [-0.4, -0.2) is 30.8 Å². The average molecular weight is 277 g/mol. The Balaban J connectivity index is 1.70. The molecule has 2 N–H and O–H groups in total. The van der Waals surface area contributed by atoms with E-state index in [0.717, 1.165) is 29.7 Å². The molecule has 0 heterocycles. The van der Waals surface area contributed by atoms with Gasteiger partial charge in [-0.15, -0.1) is 0 Å². The number of ether oxygens (including phenoxy) is 1. The summed E-state index contributed by atoms with van der Waals surface area (Å²) < 4.78 is 5.65. The van der Waals surface area contributed by atoms with Gasteiger partial charge in [0, 0.05) is 12.0 Å². The molecule has 1 saturated carbocycles. The first-order valence-corrected chi connectivity index (χ1v) is 7.12. The molecule has 1 aliphatic rings. The van der Waals surface area contributed by atoms with Gasteiger partial charge in [-0.05, 0) is 43.9 Å². The Kier molecular flexibility index (Phi) is 4.65. The molecule has 1 aromatic carbocycles. The van der Waals surface area contributed by atoms with Crippen molar-refractivity contribution < 1.29 is 14.6 Å². The van der Waals surface area contributed by atoms with E-state index in [4.69, 9.17) is 4.74 Å². The highest BCUT2D eigenvalue weighted by Crippen LogP contribution is 2.44. The lowest BCUT2D eigenvalue weighted by Crippen LogP contribution is -2.32. The lowest BCUT2D eigenvalue weighted by Gasteiger charge is -2.13. The Morgan fingerprint density at radius 1 is 1.40 bits per heavy atom. The minimum absolute atomic E-state index is 0.0185. The van der Waals surface area contributed by atoms with Crippen molar-refractivity contribution in [3.8, 4) is 5.75 Å². The van der Waals surface area contributed by atoms with Gasteiger partial charge in [0.2, 0.25) is 5.91 Å². The third kappa shape index (κ3) is 3.97. The molecule has 4 nitrogen and oxygen atoms in total. The summed E-state index contributed by atoms with van der Waals surface area (Å²) in [5.74, 6) is 0.821. The number of benzene rings is 1. The van der Waals surface area contributed by atoms with Gasteiger partial charge in [0.15, 0.2) is 0 Å². The van der Waals surface area contributed by atoms with Crippen molar-refractivity contribution >= 4 is 5.91 Å². The van der Waals surface area contributed by atoms with Gasteiger partial charge in [-0.25, -0.2) is 0 Å². The summed E-state index contributed by atoms with van der Waals surface area (Å²) in [5, 5.41) is 12.0. The lowest BCUT2D eigenvalue weighted by atomic mass is 10.1. The number of rotatable bonds is 7. The number of carbonyl (C=O) groups excluding carboxylic acids is 1. The Bertz CT molecular complexity index is 481. The molecule has 20 heavy (non-hydrogen) atoms. The summed E-state index contributed by atoms with van der Waals surface area (Å²) >= 11 is 0. The molecular weight excluding hydrogens is 254 g/mol. The van der Waals surface area contributed by atoms with Crippen LogP contribution in [0.3, 0.4) is 0 Å². The van der Waals surface area contributed by atoms with E-state index >= 15 is 0 Å². The van der Waals surface area contributed by atoms with Gasteiger partial charge in [0.1, 0.15) is 5.75 Å². The molecule has 110 valence electrons. The lowest BCUT2D eigenvalue weighted by molar-refractivity contribution is -0.121. The zero-order valence-corrected chi connectivity index (χ0v) is 12.2. The molecular formula is C16H23NO3. The Morgan fingerprint density at radius 3 is 2.80 bits per heavy atom. The summed E-state index contributed by atoms with van der Waals surface area (Å²) in [6.45, 7) is 5.12. The second-order valence-corrected chi connectivity index (χ2v) is 5.80. The van der Waals surface area contributed by atoms with Gasteiger partial charge in [-0.3, -0.25) is 4.79 Å². The number of amides is 1. The van der Waals surface area contributed by atoms with E-state index in [1.54, 1.807) is 0 Å². The third-order valence-electron chi connectivity index (χ3n) is 3.88. The molecule has 0 unspecified atom stereocenters. The maximum Gasteiger partial charge on any atom is 0.223 e. The molecule has 0 aliphatic heterocycles. The second kappa shape index (κ2) is 6.27. The number of aryl methyl sites for hydroxylation is 2. The Morgan fingerprint density at radius 2 is 2.15 bits per heavy atom. The van der Waals surface area contributed by atoms with Crippen molar-refractivity contribution in [3.05, 3.63) is 29.3 Å². The van der Waals surface area contributed by atoms with Gasteiger partial charge in [0.05, 0.1) is 19.6 Å². The third-order valence-corrected chi connectivity index (χ3v) is 3.88. The SMILES string of the molecule is Cc1ccc(C)c(OCCC(=O)NCC2(CO)CC2)c1. The zero-order valence-electron chi connectivity index (χ0n) is 12.2. The number of nitrogens with one attached hydrogen (secondary N) is 1. The van der Waals surface area contributed by atoms with Gasteiger partial charge in [-0.2, -0.15) is 0 Å². The molecule has 1 fully saturated rings. The second-order valence-electron chi connectivity index (χ2n) is 5.80. The van der Waals surface area contributed by atoms with E-state index < -0.39 is 0 Å². The van der Waals surface area contributed by atoms with Gasteiger partial charge < -0.3 is 15.2 Å². The van der Waals surface area contributed by atoms with E-state index in [2.05, 4.69) is 5.32 Å². The summed E-state index contributed by atoms with van der Waals surface area (Å²) in [5.41, 5.74) is 2.19. The molecule has 2 rings (SSSR count). The van der Waals surface area contributed by atoms with Crippen molar-refractivity contribution in [1.29, 1.82) is 0 Å². The van der Waals surface area contributed by atoms with E-state index in [-0.39, 0.29) is 17.9 Å². The smallest absolute Gasteiger partial charge is 0.223 e. The van der Waals surface area contributed by atoms with Gasteiger partial charge >= 0.3 is 0 Å². The van der Waals surface area contributed by atoms with Crippen molar-refractivity contribution in [2.45, 2.75) is 33.1 Å². The molecule has 1 amide bonds. The summed E-state index contributed by atoms with van der Waals surface area (Å²) in [7, 11) is 0. The number of aliphatic hydroxyl groups is 1. The first-order valence-electron chi connectivity index (χ1n) is 7.12. The predicted octanol–water partition coefficient (Wildman–Crippen LogP) is 1.96. The minimum atomic E-state index is -0.0380. The minimum Gasteiger partial charge on any atom is -0.493 e. The highest BCUT2D eigenvalue weighted by molar-refractivity contribution is 5.76. The molecule has 0 bridgehead atoms. The monoisotopic (exact) mass is 277 g/mol. The molecule has 1 aliphatic carbocycles. The summed E-state index contributed by atoms with van der Waals surface area (Å²) in [6.07, 6.45) is 2.35. The molecule has 4 heteroatoms. The van der Waals surface area contributed by atoms with E-state index in [1.165, 1.54) is 0 Å². The van der Waals surface area contributed by atoms with Crippen LogP contribution in [0.4, 0.5) is 0 Å². The Hall–Kier alpha value is -1.55. The molecule has 0 aromatic heterocycles. The van der Waals surface area contributed by atoms with Crippen LogP contribution in [-0.2, 0) is 4.79 Å². The maximum atomic E-state index is 11.7. The molecule has 0 saturated heterocycles. The first kappa shape index (κ1) is 14.9. The average Bonchev–Trinajstić information content (AvgIpc) is 3.21. The van der Waals surface area contributed by atoms with Gasteiger partial charge in [0.25, 0.3) is 0 Å². The Labute approximate surface area is 120 Å². The number of hydrogen-bond donors (Lipinski definition) is 2. The maximum absolute atomic E-state index is 11.7. The fourth-order valence-corrected chi connectivity index (χ4v) is 2.06. The van der Waals surface area contributed by atoms with Crippen LogP contribution in [0, 0.1) is 19.3 Å². The van der Waals surface area contributed by atoms with Crippen LogP contribution < -0.4 is 10.1 Å². The highest BCUT2D eigenvalue weighted by Gasteiger charge is 2.41. The fourth-order valence-electron chi connectivity index (χ4n) is 2.06. The topological polar surface area (TPSA) is 58.6 Å². The fraction of sp³-hybridized carbons (Fsp3) is 0.562. The normalized spacial score (nSPS) is 15.8. The van der Waals surface area contributed by atoms with Crippen LogP contribution in [0.2, 0.25) is 0 Å². The first-order chi connectivity index (χ1) is 9.54. The molecule has 0 spiro atoms. The van der Waals surface area contributed by atoms with Crippen molar-refractivity contribution in [1.82, 2.24) is 5.32 Å². The van der Waals surface area contributed by atoms with E-state index in [0.29, 0.717) is 19.6 Å². The van der Waals surface area contributed by atoms with Crippen molar-refractivity contribution in [2.24, 2.45) is 5.41 Å². The van der Waals surface area contributed by atoms with Crippen LogP contribution in [0.15, 0.2) is 18.2 Å². The summed E-state index contributed by atoms with van der Waals surface area (Å²) in [4.78, 5) is 11.7. The molecule has 0 atom stereocenters. The van der Waals surface area contributed by atoms with Crippen LogP contribution in [0.1, 0.15) is 30.4 Å².